The molecule has 0 aromatic heterocycles. The third-order valence-electron chi connectivity index (χ3n) is 6.38. The van der Waals surface area contributed by atoms with E-state index in [0.29, 0.717) is 12.1 Å². The number of carbonyl (C=O) groups excluding carboxylic acids is 1. The van der Waals surface area contributed by atoms with Gasteiger partial charge in [-0.25, -0.2) is 0 Å². The van der Waals surface area contributed by atoms with Gasteiger partial charge in [-0.1, -0.05) is 36.8 Å². The number of ether oxygens (including phenoxy) is 1. The maximum absolute atomic E-state index is 12.7. The third-order valence-corrected chi connectivity index (χ3v) is 6.38. The summed E-state index contributed by atoms with van der Waals surface area (Å²) >= 11 is 0. The lowest BCUT2D eigenvalue weighted by atomic mass is 9.81. The van der Waals surface area contributed by atoms with Crippen molar-refractivity contribution in [2.24, 2.45) is 0 Å². The number of carbonyl (C=O) groups is 1. The predicted octanol–water partition coefficient (Wildman–Crippen LogP) is 4.32. The monoisotopic (exact) mass is 378 g/mol. The fraction of sp³-hybridized carbons (Fsp3) is 0.458. The first kappa shape index (κ1) is 19.0. The van der Waals surface area contributed by atoms with E-state index >= 15 is 0 Å². The number of fused-ring (bicyclic) bond motifs is 2. The molecule has 2 heterocycles. The van der Waals surface area contributed by atoms with Gasteiger partial charge < -0.3 is 10.1 Å². The Balaban J connectivity index is 1.41. The average Bonchev–Trinajstić information content (AvgIpc) is 2.69. The van der Waals surface area contributed by atoms with Crippen molar-refractivity contribution >= 4 is 5.91 Å². The van der Waals surface area contributed by atoms with Crippen molar-refractivity contribution < 1.29 is 9.53 Å². The van der Waals surface area contributed by atoms with Crippen molar-refractivity contribution in [1.29, 1.82) is 0 Å². The Morgan fingerprint density at radius 3 is 2.39 bits per heavy atom. The molecule has 4 rings (SSSR count). The number of nitrogens with one attached hydrogen (secondary N) is 1. The van der Waals surface area contributed by atoms with Gasteiger partial charge in [0.1, 0.15) is 5.75 Å². The maximum Gasteiger partial charge on any atom is 0.251 e. The fourth-order valence-corrected chi connectivity index (χ4v) is 4.89. The van der Waals surface area contributed by atoms with Crippen LogP contribution in [0.4, 0.5) is 0 Å². The quantitative estimate of drug-likeness (QED) is 0.842. The minimum atomic E-state index is 0.0739. The van der Waals surface area contributed by atoms with Gasteiger partial charge in [-0.2, -0.15) is 0 Å². The molecule has 0 radical (unpaired) electrons. The van der Waals surface area contributed by atoms with Crippen LogP contribution in [0.25, 0.3) is 0 Å². The summed E-state index contributed by atoms with van der Waals surface area (Å²) in [4.78, 5) is 15.4. The Hall–Kier alpha value is -2.33. The lowest BCUT2D eigenvalue weighted by Crippen LogP contribution is -2.56. The van der Waals surface area contributed by atoms with Crippen LogP contribution in [0.1, 0.15) is 53.6 Å². The second-order valence-electron chi connectivity index (χ2n) is 8.22. The van der Waals surface area contributed by atoms with Gasteiger partial charge in [0.2, 0.25) is 0 Å². The van der Waals surface area contributed by atoms with Crippen LogP contribution >= 0.6 is 0 Å². The smallest absolute Gasteiger partial charge is 0.251 e. The van der Waals surface area contributed by atoms with Crippen molar-refractivity contribution in [1.82, 2.24) is 10.2 Å². The molecule has 0 aliphatic carbocycles. The molecule has 4 nitrogen and oxygen atoms in total. The fourth-order valence-electron chi connectivity index (χ4n) is 4.89. The maximum atomic E-state index is 12.7. The largest absolute Gasteiger partial charge is 0.497 e. The van der Waals surface area contributed by atoms with Gasteiger partial charge in [-0.05, 0) is 61.9 Å². The topological polar surface area (TPSA) is 41.6 Å². The highest BCUT2D eigenvalue weighted by Crippen LogP contribution is 2.35. The zero-order valence-electron chi connectivity index (χ0n) is 16.9. The molecule has 2 aromatic carbocycles. The van der Waals surface area contributed by atoms with Gasteiger partial charge in [0.25, 0.3) is 5.91 Å². The molecule has 2 aliphatic heterocycles. The van der Waals surface area contributed by atoms with Crippen molar-refractivity contribution in [2.45, 2.75) is 63.7 Å². The molecule has 2 atom stereocenters. The summed E-state index contributed by atoms with van der Waals surface area (Å²) in [5.41, 5.74) is 3.17. The molecule has 2 bridgehead atoms. The summed E-state index contributed by atoms with van der Waals surface area (Å²) in [7, 11) is 1.70. The number of amides is 1. The van der Waals surface area contributed by atoms with Crippen molar-refractivity contribution in [3.63, 3.8) is 0 Å². The zero-order valence-corrected chi connectivity index (χ0v) is 16.9. The third kappa shape index (κ3) is 4.07. The van der Waals surface area contributed by atoms with Crippen LogP contribution in [0.15, 0.2) is 48.5 Å². The number of methoxy groups -OCH3 is 1. The minimum Gasteiger partial charge on any atom is -0.497 e. The van der Waals surface area contributed by atoms with Gasteiger partial charge in [0.05, 0.1) is 7.11 Å². The Bertz CT molecular complexity index is 804. The average molecular weight is 379 g/mol. The van der Waals surface area contributed by atoms with E-state index in [9.17, 15) is 4.79 Å². The summed E-state index contributed by atoms with van der Waals surface area (Å²) in [5.74, 6) is 0.978. The lowest BCUT2D eigenvalue weighted by Gasteiger charge is -2.49. The predicted molar refractivity (Wildman–Crippen MR) is 112 cm³/mol. The normalized spacial score (nSPS) is 24.6. The number of hydrogen-bond acceptors (Lipinski definition) is 3. The molecular formula is C24H30N2O2. The van der Waals surface area contributed by atoms with Crippen LogP contribution in [-0.4, -0.2) is 36.0 Å². The first-order valence-electron chi connectivity index (χ1n) is 10.4. The van der Waals surface area contributed by atoms with E-state index in [4.69, 9.17) is 4.74 Å². The molecule has 2 aromatic rings. The Morgan fingerprint density at radius 2 is 1.75 bits per heavy atom. The standard InChI is InChI=1S/C24H30N2O2/c1-17-6-3-4-9-23(17)24(27)25-19-14-20-7-5-8-21(15-19)26(20)16-18-10-12-22(28-2)13-11-18/h3-4,6,9-13,19-21H,5,7-8,14-16H2,1-2H3,(H,25,27). The van der Waals surface area contributed by atoms with Crippen LogP contribution in [0.2, 0.25) is 0 Å². The lowest BCUT2D eigenvalue weighted by molar-refractivity contribution is 0.0177. The van der Waals surface area contributed by atoms with Crippen LogP contribution in [0.5, 0.6) is 5.75 Å². The van der Waals surface area contributed by atoms with Crippen LogP contribution in [0.3, 0.4) is 0 Å². The zero-order chi connectivity index (χ0) is 19.5. The Morgan fingerprint density at radius 1 is 1.07 bits per heavy atom. The molecule has 1 N–H and O–H groups in total. The molecule has 28 heavy (non-hydrogen) atoms. The highest BCUT2D eigenvalue weighted by atomic mass is 16.5. The van der Waals surface area contributed by atoms with Crippen molar-refractivity contribution in [2.75, 3.05) is 7.11 Å². The van der Waals surface area contributed by atoms with Gasteiger partial charge >= 0.3 is 0 Å². The van der Waals surface area contributed by atoms with Gasteiger partial charge in [0, 0.05) is 30.2 Å². The highest BCUT2D eigenvalue weighted by Gasteiger charge is 2.38. The van der Waals surface area contributed by atoms with E-state index in [-0.39, 0.29) is 11.9 Å². The second-order valence-corrected chi connectivity index (χ2v) is 8.22. The summed E-state index contributed by atoms with van der Waals surface area (Å²) in [6.07, 6.45) is 5.84. The van der Waals surface area contributed by atoms with E-state index in [1.807, 2.05) is 43.3 Å². The van der Waals surface area contributed by atoms with E-state index in [1.54, 1.807) is 7.11 Å². The number of nitrogens with zero attached hydrogens (tertiary/aromatic N) is 1. The van der Waals surface area contributed by atoms with E-state index < -0.39 is 0 Å². The molecular weight excluding hydrogens is 348 g/mol. The molecule has 0 spiro atoms. The Labute approximate surface area is 167 Å². The Kier molecular flexibility index (Phi) is 5.67. The number of hydrogen-bond donors (Lipinski definition) is 1. The van der Waals surface area contributed by atoms with E-state index in [2.05, 4.69) is 22.3 Å². The molecule has 0 saturated carbocycles. The molecule has 148 valence electrons. The molecule has 1 amide bonds. The minimum absolute atomic E-state index is 0.0739. The first-order chi connectivity index (χ1) is 13.6. The summed E-state index contributed by atoms with van der Waals surface area (Å²) in [6, 6.07) is 17.6. The molecule has 2 saturated heterocycles. The highest BCUT2D eigenvalue weighted by molar-refractivity contribution is 5.95. The van der Waals surface area contributed by atoms with Gasteiger partial charge in [0.15, 0.2) is 0 Å². The number of rotatable bonds is 5. The summed E-state index contributed by atoms with van der Waals surface area (Å²) in [6.45, 7) is 2.99. The first-order valence-corrected chi connectivity index (χ1v) is 10.4. The summed E-state index contributed by atoms with van der Waals surface area (Å²) < 4.78 is 5.28. The van der Waals surface area contributed by atoms with Crippen molar-refractivity contribution in [3.05, 3.63) is 65.2 Å². The summed E-state index contributed by atoms with van der Waals surface area (Å²) in [5, 5.41) is 3.32. The van der Waals surface area contributed by atoms with Crippen LogP contribution < -0.4 is 10.1 Å². The SMILES string of the molecule is COc1ccc(CN2C3CCCC2CC(NC(=O)c2ccccc2C)C3)cc1. The molecule has 2 fully saturated rings. The van der Waals surface area contributed by atoms with E-state index in [1.165, 1.54) is 24.8 Å². The second kappa shape index (κ2) is 8.36. The number of piperidine rings is 2. The molecule has 2 unspecified atom stereocenters. The van der Waals surface area contributed by atoms with Gasteiger partial charge in [-0.3, -0.25) is 9.69 Å². The molecule has 2 aliphatic rings. The van der Waals surface area contributed by atoms with Crippen molar-refractivity contribution in [3.8, 4) is 5.75 Å². The van der Waals surface area contributed by atoms with Gasteiger partial charge in [-0.15, -0.1) is 0 Å². The molecule has 4 heteroatoms. The number of aryl methyl sites for hydroxylation is 1. The van der Waals surface area contributed by atoms with Crippen LogP contribution in [-0.2, 0) is 6.54 Å². The van der Waals surface area contributed by atoms with E-state index in [0.717, 1.165) is 36.3 Å². The number of benzene rings is 2. The van der Waals surface area contributed by atoms with Crippen LogP contribution in [0, 0.1) is 6.92 Å².